The summed E-state index contributed by atoms with van der Waals surface area (Å²) in [5, 5.41) is 3.47. The minimum atomic E-state index is 0.448. The van der Waals surface area contributed by atoms with Gasteiger partial charge in [-0.05, 0) is 38.3 Å². The molecule has 0 aliphatic carbocycles. The molecule has 1 fully saturated rings. The predicted octanol–water partition coefficient (Wildman–Crippen LogP) is 2.21. The van der Waals surface area contributed by atoms with E-state index in [0.717, 1.165) is 58.1 Å². The Balaban J connectivity index is 1.84. The Hall–Kier alpha value is -0.120. The van der Waals surface area contributed by atoms with Crippen LogP contribution < -0.4 is 5.32 Å². The highest BCUT2D eigenvalue weighted by Gasteiger charge is 2.13. The Labute approximate surface area is 99.9 Å². The molecule has 96 valence electrons. The predicted molar refractivity (Wildman–Crippen MR) is 66.7 cm³/mol. The van der Waals surface area contributed by atoms with E-state index in [4.69, 9.17) is 9.47 Å². The minimum absolute atomic E-state index is 0.448. The molecule has 0 amide bonds. The van der Waals surface area contributed by atoms with Crippen molar-refractivity contribution in [2.75, 3.05) is 32.9 Å². The molecular formula is C13H27NO2. The maximum Gasteiger partial charge on any atom is 0.0619 e. The Kier molecular flexibility index (Phi) is 7.81. The van der Waals surface area contributed by atoms with Crippen LogP contribution >= 0.6 is 0 Å². The number of rotatable bonds is 8. The highest BCUT2D eigenvalue weighted by Crippen LogP contribution is 2.10. The van der Waals surface area contributed by atoms with Crippen molar-refractivity contribution in [1.82, 2.24) is 5.32 Å². The summed E-state index contributed by atoms with van der Waals surface area (Å²) in [5.41, 5.74) is 0. The molecule has 0 aromatic rings. The van der Waals surface area contributed by atoms with E-state index < -0.39 is 0 Å². The third-order valence-electron chi connectivity index (χ3n) is 3.21. The first-order chi connectivity index (χ1) is 7.83. The highest BCUT2D eigenvalue weighted by molar-refractivity contribution is 4.62. The average molecular weight is 229 g/mol. The standard InChI is InChI=1S/C13H27NO2/c1-3-12(2)11-14-7-4-8-16-13-5-9-15-10-6-13/h12-14H,3-11H2,1-2H3. The fourth-order valence-corrected chi connectivity index (χ4v) is 1.78. The summed E-state index contributed by atoms with van der Waals surface area (Å²) in [6.45, 7) is 9.36. The molecule has 1 aliphatic rings. The largest absolute Gasteiger partial charge is 0.381 e. The second kappa shape index (κ2) is 8.97. The van der Waals surface area contributed by atoms with Crippen molar-refractivity contribution < 1.29 is 9.47 Å². The first-order valence-corrected chi connectivity index (χ1v) is 6.73. The number of hydrogen-bond donors (Lipinski definition) is 1. The van der Waals surface area contributed by atoms with Crippen LogP contribution in [0.15, 0.2) is 0 Å². The zero-order valence-corrected chi connectivity index (χ0v) is 10.8. The third-order valence-corrected chi connectivity index (χ3v) is 3.21. The Bertz CT molecular complexity index is 158. The molecule has 1 saturated heterocycles. The summed E-state index contributed by atoms with van der Waals surface area (Å²) >= 11 is 0. The van der Waals surface area contributed by atoms with Crippen LogP contribution in [0, 0.1) is 5.92 Å². The fraction of sp³-hybridized carbons (Fsp3) is 1.00. The average Bonchev–Trinajstić information content (AvgIpc) is 2.34. The van der Waals surface area contributed by atoms with Crippen molar-refractivity contribution in [2.24, 2.45) is 5.92 Å². The van der Waals surface area contributed by atoms with Gasteiger partial charge >= 0.3 is 0 Å². The molecule has 0 aromatic heterocycles. The normalized spacial score (nSPS) is 19.9. The topological polar surface area (TPSA) is 30.5 Å². The van der Waals surface area contributed by atoms with Gasteiger partial charge in [0.25, 0.3) is 0 Å². The molecule has 0 aromatic carbocycles. The van der Waals surface area contributed by atoms with E-state index in [9.17, 15) is 0 Å². The Morgan fingerprint density at radius 3 is 2.81 bits per heavy atom. The maximum absolute atomic E-state index is 5.80. The highest BCUT2D eigenvalue weighted by atomic mass is 16.5. The molecule has 0 radical (unpaired) electrons. The number of hydrogen-bond acceptors (Lipinski definition) is 3. The lowest BCUT2D eigenvalue weighted by Crippen LogP contribution is -2.26. The van der Waals surface area contributed by atoms with Gasteiger partial charge < -0.3 is 14.8 Å². The zero-order valence-electron chi connectivity index (χ0n) is 10.8. The van der Waals surface area contributed by atoms with Crippen molar-refractivity contribution in [3.05, 3.63) is 0 Å². The van der Waals surface area contributed by atoms with E-state index in [-0.39, 0.29) is 0 Å². The van der Waals surface area contributed by atoms with Crippen LogP contribution in [0.25, 0.3) is 0 Å². The van der Waals surface area contributed by atoms with Crippen LogP contribution in [0.1, 0.15) is 39.5 Å². The molecule has 0 saturated carbocycles. The van der Waals surface area contributed by atoms with Crippen LogP contribution in [-0.4, -0.2) is 39.0 Å². The van der Waals surface area contributed by atoms with E-state index >= 15 is 0 Å². The lowest BCUT2D eigenvalue weighted by Gasteiger charge is -2.22. The molecule has 0 bridgehead atoms. The summed E-state index contributed by atoms with van der Waals surface area (Å²) < 4.78 is 11.1. The van der Waals surface area contributed by atoms with Gasteiger partial charge in [0, 0.05) is 19.8 Å². The smallest absolute Gasteiger partial charge is 0.0619 e. The van der Waals surface area contributed by atoms with Gasteiger partial charge in [-0.1, -0.05) is 20.3 Å². The second-order valence-corrected chi connectivity index (χ2v) is 4.75. The third kappa shape index (κ3) is 6.46. The van der Waals surface area contributed by atoms with E-state index in [2.05, 4.69) is 19.2 Å². The Morgan fingerprint density at radius 2 is 2.12 bits per heavy atom. The molecule has 0 spiro atoms. The van der Waals surface area contributed by atoms with E-state index in [1.54, 1.807) is 0 Å². The maximum atomic E-state index is 5.80. The number of nitrogens with one attached hydrogen (secondary N) is 1. The van der Waals surface area contributed by atoms with Crippen molar-refractivity contribution in [2.45, 2.75) is 45.6 Å². The second-order valence-electron chi connectivity index (χ2n) is 4.75. The van der Waals surface area contributed by atoms with Crippen molar-refractivity contribution in [3.63, 3.8) is 0 Å². The van der Waals surface area contributed by atoms with Gasteiger partial charge in [0.15, 0.2) is 0 Å². The van der Waals surface area contributed by atoms with Gasteiger partial charge in [0.1, 0.15) is 0 Å². The minimum Gasteiger partial charge on any atom is -0.381 e. The summed E-state index contributed by atoms with van der Waals surface area (Å²) in [7, 11) is 0. The van der Waals surface area contributed by atoms with Crippen molar-refractivity contribution in [1.29, 1.82) is 0 Å². The van der Waals surface area contributed by atoms with Gasteiger partial charge in [-0.15, -0.1) is 0 Å². The summed E-state index contributed by atoms with van der Waals surface area (Å²) in [6.07, 6.45) is 4.96. The first-order valence-electron chi connectivity index (χ1n) is 6.73. The van der Waals surface area contributed by atoms with Crippen LogP contribution in [0.4, 0.5) is 0 Å². The summed E-state index contributed by atoms with van der Waals surface area (Å²) in [4.78, 5) is 0. The van der Waals surface area contributed by atoms with Crippen molar-refractivity contribution >= 4 is 0 Å². The van der Waals surface area contributed by atoms with Gasteiger partial charge in [-0.2, -0.15) is 0 Å². The quantitative estimate of drug-likeness (QED) is 0.647. The molecule has 3 nitrogen and oxygen atoms in total. The van der Waals surface area contributed by atoms with E-state index in [1.165, 1.54) is 6.42 Å². The molecule has 3 heteroatoms. The lowest BCUT2D eigenvalue weighted by molar-refractivity contribution is -0.0322. The Morgan fingerprint density at radius 1 is 1.38 bits per heavy atom. The van der Waals surface area contributed by atoms with Gasteiger partial charge in [0.05, 0.1) is 6.10 Å². The fourth-order valence-electron chi connectivity index (χ4n) is 1.78. The molecular weight excluding hydrogens is 202 g/mol. The molecule has 1 heterocycles. The van der Waals surface area contributed by atoms with E-state index in [1.807, 2.05) is 0 Å². The summed E-state index contributed by atoms with van der Waals surface area (Å²) in [5.74, 6) is 0.788. The molecule has 1 aliphatic heterocycles. The SMILES string of the molecule is CCC(C)CNCCCOC1CCOCC1. The van der Waals surface area contributed by atoms with Crippen LogP contribution in [0.2, 0.25) is 0 Å². The monoisotopic (exact) mass is 229 g/mol. The lowest BCUT2D eigenvalue weighted by atomic mass is 10.1. The first kappa shape index (κ1) is 13.9. The molecule has 1 unspecified atom stereocenters. The molecule has 16 heavy (non-hydrogen) atoms. The molecule has 1 N–H and O–H groups in total. The van der Waals surface area contributed by atoms with Gasteiger partial charge in [-0.3, -0.25) is 0 Å². The van der Waals surface area contributed by atoms with Crippen LogP contribution in [0.5, 0.6) is 0 Å². The van der Waals surface area contributed by atoms with Crippen LogP contribution in [0.3, 0.4) is 0 Å². The molecule has 1 atom stereocenters. The number of ether oxygens (including phenoxy) is 2. The van der Waals surface area contributed by atoms with Crippen molar-refractivity contribution in [3.8, 4) is 0 Å². The molecule has 1 rings (SSSR count). The van der Waals surface area contributed by atoms with Crippen LogP contribution in [-0.2, 0) is 9.47 Å². The van der Waals surface area contributed by atoms with E-state index in [0.29, 0.717) is 6.10 Å². The van der Waals surface area contributed by atoms with Gasteiger partial charge in [0.2, 0.25) is 0 Å². The zero-order chi connectivity index (χ0) is 11.6. The summed E-state index contributed by atoms with van der Waals surface area (Å²) in [6, 6.07) is 0. The van der Waals surface area contributed by atoms with Gasteiger partial charge in [-0.25, -0.2) is 0 Å².